The van der Waals surface area contributed by atoms with Gasteiger partial charge >= 0.3 is 0 Å². The van der Waals surface area contributed by atoms with Crippen molar-refractivity contribution in [3.63, 3.8) is 0 Å². The lowest BCUT2D eigenvalue weighted by atomic mass is 9.54. The summed E-state index contributed by atoms with van der Waals surface area (Å²) in [6.07, 6.45) is 0. The van der Waals surface area contributed by atoms with Crippen molar-refractivity contribution in [3.8, 4) is 44.5 Å². The monoisotopic (exact) mass is 631 g/mol. The molecule has 0 radical (unpaired) electrons. The van der Waals surface area contributed by atoms with Gasteiger partial charge in [0.1, 0.15) is 0 Å². The maximum absolute atomic E-state index is 2.46. The third-order valence-corrected chi connectivity index (χ3v) is 11.0. The zero-order chi connectivity index (χ0) is 33.6. The smallest absolute Gasteiger partial charge is 0.0467 e. The maximum Gasteiger partial charge on any atom is 0.0467 e. The Hall–Kier alpha value is -5.66. The second-order valence-electron chi connectivity index (χ2n) is 14.2. The molecule has 7 aromatic carbocycles. The van der Waals surface area contributed by atoms with Crippen molar-refractivity contribution < 1.29 is 0 Å². The van der Waals surface area contributed by atoms with E-state index in [2.05, 4.69) is 209 Å². The lowest BCUT2D eigenvalue weighted by Gasteiger charge is -2.49. The van der Waals surface area contributed by atoms with E-state index in [1.165, 1.54) is 55.6 Å². The van der Waals surface area contributed by atoms with Gasteiger partial charge in [-0.3, -0.25) is 0 Å². The van der Waals surface area contributed by atoms with Crippen LogP contribution in [0.25, 0.3) is 44.5 Å². The summed E-state index contributed by atoms with van der Waals surface area (Å²) in [5.74, 6) is 0. The molecule has 0 spiro atoms. The van der Waals surface area contributed by atoms with E-state index in [0.717, 1.165) is 17.1 Å². The van der Waals surface area contributed by atoms with E-state index in [0.29, 0.717) is 0 Å². The molecule has 0 aromatic heterocycles. The van der Waals surface area contributed by atoms with Crippen LogP contribution in [0.4, 0.5) is 17.1 Å². The Balaban J connectivity index is 1.26. The number of nitrogens with zero attached hydrogens (tertiary/aromatic N) is 1. The fourth-order valence-electron chi connectivity index (χ4n) is 7.66. The molecule has 8 rings (SSSR count). The highest BCUT2D eigenvalue weighted by atomic mass is 15.1. The molecule has 1 heteroatoms. The standard InChI is InChI=1S/C48H41N/c1-47(2)44-28-16-27-42(35-19-10-6-11-20-35)46(44)43-30-29-38(33-45(43)48(47,3)4)37-22-15-26-41(32-37)49(39-23-12-7-13-24-39)40-25-14-21-36(31-40)34-17-8-5-9-18-34/h5-33H,1-4H3. The van der Waals surface area contributed by atoms with E-state index in [-0.39, 0.29) is 10.8 Å². The predicted molar refractivity (Wildman–Crippen MR) is 209 cm³/mol. The summed E-state index contributed by atoms with van der Waals surface area (Å²) in [5, 5.41) is 0. The highest BCUT2D eigenvalue weighted by molar-refractivity contribution is 5.92. The van der Waals surface area contributed by atoms with Gasteiger partial charge in [0.2, 0.25) is 0 Å². The summed E-state index contributed by atoms with van der Waals surface area (Å²) in [5.41, 5.74) is 16.1. The van der Waals surface area contributed by atoms with Crippen LogP contribution in [0.15, 0.2) is 176 Å². The summed E-state index contributed by atoms with van der Waals surface area (Å²) in [7, 11) is 0. The molecular formula is C48H41N. The van der Waals surface area contributed by atoms with Gasteiger partial charge in [0, 0.05) is 17.1 Å². The van der Waals surface area contributed by atoms with Crippen LogP contribution in [0.1, 0.15) is 38.8 Å². The summed E-state index contributed by atoms with van der Waals surface area (Å²) >= 11 is 0. The van der Waals surface area contributed by atoms with Crippen molar-refractivity contribution in [3.05, 3.63) is 187 Å². The van der Waals surface area contributed by atoms with Crippen LogP contribution in [-0.2, 0) is 10.8 Å². The van der Waals surface area contributed by atoms with Gasteiger partial charge in [0.05, 0.1) is 0 Å². The Morgan fingerprint density at radius 2 is 0.796 bits per heavy atom. The van der Waals surface area contributed by atoms with E-state index in [1.807, 2.05) is 0 Å². The minimum absolute atomic E-state index is 0.0749. The summed E-state index contributed by atoms with van der Waals surface area (Å²) in [4.78, 5) is 2.36. The Labute approximate surface area is 291 Å². The molecule has 0 amide bonds. The molecule has 0 heterocycles. The molecule has 0 N–H and O–H groups in total. The second kappa shape index (κ2) is 12.1. The molecule has 238 valence electrons. The average molecular weight is 632 g/mol. The van der Waals surface area contributed by atoms with Crippen molar-refractivity contribution >= 4 is 17.1 Å². The molecule has 0 atom stereocenters. The molecule has 1 aliphatic rings. The number of anilines is 3. The largest absolute Gasteiger partial charge is 0.310 e. The van der Waals surface area contributed by atoms with Gasteiger partial charge < -0.3 is 4.90 Å². The molecule has 0 saturated heterocycles. The minimum atomic E-state index is -0.0911. The third kappa shape index (κ3) is 5.27. The van der Waals surface area contributed by atoms with Gasteiger partial charge in [0.15, 0.2) is 0 Å². The van der Waals surface area contributed by atoms with E-state index >= 15 is 0 Å². The molecule has 0 fully saturated rings. The van der Waals surface area contributed by atoms with Crippen molar-refractivity contribution in [2.75, 3.05) is 4.90 Å². The molecule has 0 unspecified atom stereocenters. The van der Waals surface area contributed by atoms with Crippen molar-refractivity contribution in [1.82, 2.24) is 0 Å². The topological polar surface area (TPSA) is 3.24 Å². The lowest BCUT2D eigenvalue weighted by Crippen LogP contribution is -2.43. The van der Waals surface area contributed by atoms with E-state index in [4.69, 9.17) is 0 Å². The number of hydrogen-bond acceptors (Lipinski definition) is 1. The predicted octanol–water partition coefficient (Wildman–Crippen LogP) is 13.4. The first-order valence-electron chi connectivity index (χ1n) is 17.3. The molecule has 7 aromatic rings. The molecular weight excluding hydrogens is 591 g/mol. The van der Waals surface area contributed by atoms with Crippen LogP contribution < -0.4 is 4.90 Å². The van der Waals surface area contributed by atoms with Gasteiger partial charge in [-0.15, -0.1) is 0 Å². The van der Waals surface area contributed by atoms with Crippen molar-refractivity contribution in [2.24, 2.45) is 0 Å². The normalized spacial score (nSPS) is 14.0. The first-order valence-corrected chi connectivity index (χ1v) is 17.3. The quantitative estimate of drug-likeness (QED) is 0.176. The van der Waals surface area contributed by atoms with Crippen LogP contribution in [0.3, 0.4) is 0 Å². The van der Waals surface area contributed by atoms with Crippen LogP contribution in [0.2, 0.25) is 0 Å². The van der Waals surface area contributed by atoms with Crippen LogP contribution in [-0.4, -0.2) is 0 Å². The Morgan fingerprint density at radius 1 is 0.327 bits per heavy atom. The molecule has 1 aliphatic carbocycles. The van der Waals surface area contributed by atoms with E-state index < -0.39 is 0 Å². The molecule has 0 bridgehead atoms. The minimum Gasteiger partial charge on any atom is -0.310 e. The van der Waals surface area contributed by atoms with Gasteiger partial charge in [-0.05, 0) is 109 Å². The highest BCUT2D eigenvalue weighted by Crippen LogP contribution is 2.56. The number of rotatable bonds is 6. The highest BCUT2D eigenvalue weighted by Gasteiger charge is 2.46. The van der Waals surface area contributed by atoms with E-state index in [9.17, 15) is 0 Å². The number of fused-ring (bicyclic) bond motifs is 3. The number of hydrogen-bond donors (Lipinski definition) is 0. The molecule has 0 saturated carbocycles. The average Bonchev–Trinajstić information content (AvgIpc) is 3.15. The Bertz CT molecular complexity index is 2260. The molecule has 49 heavy (non-hydrogen) atoms. The molecule has 0 aliphatic heterocycles. The number of benzene rings is 7. The van der Waals surface area contributed by atoms with Crippen LogP contribution in [0, 0.1) is 0 Å². The first-order chi connectivity index (χ1) is 23.8. The zero-order valence-corrected chi connectivity index (χ0v) is 28.7. The van der Waals surface area contributed by atoms with Crippen LogP contribution in [0.5, 0.6) is 0 Å². The third-order valence-electron chi connectivity index (χ3n) is 11.0. The second-order valence-corrected chi connectivity index (χ2v) is 14.2. The fourth-order valence-corrected chi connectivity index (χ4v) is 7.66. The summed E-state index contributed by atoms with van der Waals surface area (Å²) < 4.78 is 0. The summed E-state index contributed by atoms with van der Waals surface area (Å²) in [6.45, 7) is 9.67. The van der Waals surface area contributed by atoms with Gasteiger partial charge in [0.25, 0.3) is 0 Å². The van der Waals surface area contributed by atoms with Crippen molar-refractivity contribution in [1.29, 1.82) is 0 Å². The zero-order valence-electron chi connectivity index (χ0n) is 28.7. The van der Waals surface area contributed by atoms with Crippen molar-refractivity contribution in [2.45, 2.75) is 38.5 Å². The van der Waals surface area contributed by atoms with Gasteiger partial charge in [-0.25, -0.2) is 0 Å². The van der Waals surface area contributed by atoms with E-state index in [1.54, 1.807) is 0 Å². The van der Waals surface area contributed by atoms with Crippen LogP contribution >= 0.6 is 0 Å². The fraction of sp³-hybridized carbons (Fsp3) is 0.125. The van der Waals surface area contributed by atoms with Gasteiger partial charge in [-0.2, -0.15) is 0 Å². The maximum atomic E-state index is 2.46. The Morgan fingerprint density at radius 3 is 1.43 bits per heavy atom. The van der Waals surface area contributed by atoms with Gasteiger partial charge in [-0.1, -0.05) is 161 Å². The summed E-state index contributed by atoms with van der Waals surface area (Å²) in [6, 6.07) is 64.0. The lowest BCUT2D eigenvalue weighted by molar-refractivity contribution is 0.299. The number of para-hydroxylation sites is 1. The molecule has 1 nitrogen and oxygen atoms in total. The first kappa shape index (κ1) is 30.7. The SMILES string of the molecule is CC1(C)c2cc(-c3cccc(N(c4ccccc4)c4cccc(-c5ccccc5)c4)c3)ccc2-c2c(-c3ccccc3)cccc2C1(C)C. The Kier molecular flexibility index (Phi) is 7.57.